The number of carbonyl (C=O) groups excluding carboxylic acids is 2. The van der Waals surface area contributed by atoms with E-state index in [9.17, 15) is 9.59 Å². The topological polar surface area (TPSA) is 49.4 Å². The summed E-state index contributed by atoms with van der Waals surface area (Å²) in [7, 11) is 0. The number of nitrogens with zero attached hydrogens (tertiary/aromatic N) is 1. The maximum absolute atomic E-state index is 13.7. The van der Waals surface area contributed by atoms with Gasteiger partial charge in [0.1, 0.15) is 6.04 Å². The zero-order chi connectivity index (χ0) is 25.4. The highest BCUT2D eigenvalue weighted by atomic mass is 35.5. The number of hydrogen-bond acceptors (Lipinski definition) is 2. The fourth-order valence-corrected chi connectivity index (χ4v) is 4.43. The van der Waals surface area contributed by atoms with Gasteiger partial charge in [-0.05, 0) is 54.3 Å². The number of hydrogen-bond donors (Lipinski definition) is 1. The minimum absolute atomic E-state index is 0.0234. The second-order valence-electron chi connectivity index (χ2n) is 8.59. The molecule has 2 unspecified atom stereocenters. The van der Waals surface area contributed by atoms with E-state index in [0.29, 0.717) is 27.1 Å². The molecule has 0 saturated carbocycles. The van der Waals surface area contributed by atoms with Crippen LogP contribution in [0.2, 0.25) is 15.1 Å². The first kappa shape index (κ1) is 27.1. The summed E-state index contributed by atoms with van der Waals surface area (Å²) in [4.78, 5) is 28.9. The van der Waals surface area contributed by atoms with Gasteiger partial charge >= 0.3 is 0 Å². The third kappa shape index (κ3) is 7.99. The Bertz CT molecular complexity index is 1150. The number of carbonyl (C=O) groups is 2. The maximum atomic E-state index is 13.7. The molecule has 7 heteroatoms. The minimum atomic E-state index is -0.732. The van der Waals surface area contributed by atoms with Crippen LogP contribution in [-0.4, -0.2) is 28.8 Å². The van der Waals surface area contributed by atoms with Crippen molar-refractivity contribution in [2.45, 2.75) is 51.7 Å². The quantitative estimate of drug-likeness (QED) is 0.315. The Labute approximate surface area is 222 Å². The van der Waals surface area contributed by atoms with E-state index in [0.717, 1.165) is 17.5 Å². The molecule has 2 atom stereocenters. The van der Waals surface area contributed by atoms with E-state index in [1.165, 1.54) is 0 Å². The van der Waals surface area contributed by atoms with Crippen LogP contribution in [0, 0.1) is 0 Å². The van der Waals surface area contributed by atoms with Crippen molar-refractivity contribution in [1.29, 1.82) is 0 Å². The van der Waals surface area contributed by atoms with Gasteiger partial charge in [0.15, 0.2) is 0 Å². The van der Waals surface area contributed by atoms with Gasteiger partial charge in [0.2, 0.25) is 11.8 Å². The molecule has 3 rings (SSSR count). The van der Waals surface area contributed by atoms with Crippen molar-refractivity contribution in [1.82, 2.24) is 10.2 Å². The van der Waals surface area contributed by atoms with E-state index in [4.69, 9.17) is 34.8 Å². The maximum Gasteiger partial charge on any atom is 0.243 e. The first-order valence-electron chi connectivity index (χ1n) is 11.6. The number of benzene rings is 3. The van der Waals surface area contributed by atoms with Gasteiger partial charge in [0.25, 0.3) is 0 Å². The summed E-state index contributed by atoms with van der Waals surface area (Å²) in [5.41, 5.74) is 2.44. The third-order valence-electron chi connectivity index (χ3n) is 5.87. The lowest BCUT2D eigenvalue weighted by Crippen LogP contribution is -2.52. The Balaban J connectivity index is 2.00. The van der Waals surface area contributed by atoms with E-state index in [1.807, 2.05) is 56.3 Å². The second kappa shape index (κ2) is 13.0. The summed E-state index contributed by atoms with van der Waals surface area (Å²) in [6.07, 6.45) is 1.26. The number of amides is 2. The van der Waals surface area contributed by atoms with Crippen LogP contribution in [0.1, 0.15) is 37.0 Å². The molecule has 4 nitrogen and oxygen atoms in total. The smallest absolute Gasteiger partial charge is 0.243 e. The molecule has 184 valence electrons. The molecule has 0 aromatic heterocycles. The largest absolute Gasteiger partial charge is 0.352 e. The molecular weight excluding hydrogens is 503 g/mol. The zero-order valence-corrected chi connectivity index (χ0v) is 22.1. The van der Waals surface area contributed by atoms with Crippen LogP contribution in [0.25, 0.3) is 0 Å². The molecule has 0 bridgehead atoms. The summed E-state index contributed by atoms with van der Waals surface area (Å²) in [6, 6.07) is 21.3. The molecule has 1 N–H and O–H groups in total. The van der Waals surface area contributed by atoms with Gasteiger partial charge in [-0.1, -0.05) is 90.3 Å². The van der Waals surface area contributed by atoms with Crippen molar-refractivity contribution >= 4 is 46.6 Å². The summed E-state index contributed by atoms with van der Waals surface area (Å²) in [5, 5.41) is 4.56. The average molecular weight is 532 g/mol. The van der Waals surface area contributed by atoms with E-state index >= 15 is 0 Å². The van der Waals surface area contributed by atoms with Gasteiger partial charge in [-0.15, -0.1) is 0 Å². The monoisotopic (exact) mass is 530 g/mol. The molecule has 0 aliphatic heterocycles. The highest BCUT2D eigenvalue weighted by Crippen LogP contribution is 2.25. The summed E-state index contributed by atoms with van der Waals surface area (Å²) in [5.74, 6) is -0.397. The Kier molecular flexibility index (Phi) is 10.0. The number of nitrogens with one attached hydrogen (secondary N) is 1. The fraction of sp³-hybridized carbons (Fsp3) is 0.286. The molecule has 0 radical (unpaired) electrons. The Morgan fingerprint density at radius 2 is 1.57 bits per heavy atom. The van der Waals surface area contributed by atoms with Crippen LogP contribution in [0.5, 0.6) is 0 Å². The van der Waals surface area contributed by atoms with Gasteiger partial charge in [-0.25, -0.2) is 0 Å². The molecule has 2 amide bonds. The van der Waals surface area contributed by atoms with Crippen molar-refractivity contribution in [3.05, 3.63) is 105 Å². The summed E-state index contributed by atoms with van der Waals surface area (Å²) >= 11 is 18.7. The van der Waals surface area contributed by atoms with Gasteiger partial charge in [0.05, 0.1) is 6.42 Å². The Morgan fingerprint density at radius 1 is 0.886 bits per heavy atom. The first-order chi connectivity index (χ1) is 16.8. The van der Waals surface area contributed by atoms with E-state index in [-0.39, 0.29) is 30.8 Å². The van der Waals surface area contributed by atoms with E-state index in [2.05, 4.69) is 5.32 Å². The second-order valence-corrected chi connectivity index (χ2v) is 9.87. The van der Waals surface area contributed by atoms with Crippen LogP contribution in [0.15, 0.2) is 72.8 Å². The molecule has 3 aromatic rings. The Morgan fingerprint density at radius 3 is 2.23 bits per heavy atom. The van der Waals surface area contributed by atoms with Crippen molar-refractivity contribution in [2.75, 3.05) is 0 Å². The SMILES string of the molecule is CCC(C)NC(=O)C(Cc1ccccc1)N(Cc1ccc(Cl)cc1Cl)C(=O)Cc1cccc(Cl)c1. The van der Waals surface area contributed by atoms with Gasteiger partial charge < -0.3 is 10.2 Å². The molecular formula is C28H29Cl3N2O2. The summed E-state index contributed by atoms with van der Waals surface area (Å²) < 4.78 is 0. The normalized spacial score (nSPS) is 12.6. The van der Waals surface area contributed by atoms with Gasteiger partial charge in [0, 0.05) is 34.1 Å². The lowest BCUT2D eigenvalue weighted by Gasteiger charge is -2.32. The van der Waals surface area contributed by atoms with Crippen molar-refractivity contribution in [3.8, 4) is 0 Å². The predicted octanol–water partition coefficient (Wildman–Crippen LogP) is 6.74. The molecule has 0 saturated heterocycles. The molecule has 3 aromatic carbocycles. The van der Waals surface area contributed by atoms with Crippen LogP contribution in [0.4, 0.5) is 0 Å². The molecule has 0 spiro atoms. The molecule has 0 heterocycles. The Hall–Kier alpha value is -2.53. The molecule has 0 fully saturated rings. The van der Waals surface area contributed by atoms with Crippen molar-refractivity contribution < 1.29 is 9.59 Å². The third-order valence-corrected chi connectivity index (χ3v) is 6.69. The van der Waals surface area contributed by atoms with Crippen LogP contribution >= 0.6 is 34.8 Å². The van der Waals surface area contributed by atoms with Crippen molar-refractivity contribution in [2.24, 2.45) is 0 Å². The van der Waals surface area contributed by atoms with Crippen LogP contribution in [0.3, 0.4) is 0 Å². The molecule has 35 heavy (non-hydrogen) atoms. The lowest BCUT2D eigenvalue weighted by molar-refractivity contribution is -0.141. The fourth-order valence-electron chi connectivity index (χ4n) is 3.75. The molecule has 0 aliphatic carbocycles. The highest BCUT2D eigenvalue weighted by molar-refractivity contribution is 6.35. The predicted molar refractivity (Wildman–Crippen MR) is 144 cm³/mol. The van der Waals surface area contributed by atoms with Crippen molar-refractivity contribution in [3.63, 3.8) is 0 Å². The highest BCUT2D eigenvalue weighted by Gasteiger charge is 2.31. The first-order valence-corrected chi connectivity index (χ1v) is 12.7. The summed E-state index contributed by atoms with van der Waals surface area (Å²) in [6.45, 7) is 4.12. The number of halogens is 3. The van der Waals surface area contributed by atoms with Gasteiger partial charge in [-0.2, -0.15) is 0 Å². The number of rotatable bonds is 10. The average Bonchev–Trinajstić information content (AvgIpc) is 2.83. The van der Waals surface area contributed by atoms with Crippen LogP contribution < -0.4 is 5.32 Å². The minimum Gasteiger partial charge on any atom is -0.352 e. The van der Waals surface area contributed by atoms with Gasteiger partial charge in [-0.3, -0.25) is 9.59 Å². The van der Waals surface area contributed by atoms with E-state index in [1.54, 1.807) is 35.2 Å². The lowest BCUT2D eigenvalue weighted by atomic mass is 10.0. The zero-order valence-electron chi connectivity index (χ0n) is 19.8. The van der Waals surface area contributed by atoms with E-state index < -0.39 is 6.04 Å². The molecule has 0 aliphatic rings. The standard InChI is InChI=1S/C28H29Cl3N2O2/c1-3-19(2)32-28(35)26(15-20-8-5-4-6-9-20)33(18-22-12-13-24(30)17-25(22)31)27(34)16-21-10-7-11-23(29)14-21/h4-14,17,19,26H,3,15-16,18H2,1-2H3,(H,32,35). The van der Waals surface area contributed by atoms with Crippen LogP contribution in [-0.2, 0) is 29.0 Å².